The zero-order valence-corrected chi connectivity index (χ0v) is 16.5. The first kappa shape index (κ1) is 19.4. The van der Waals surface area contributed by atoms with Crippen LogP contribution in [0.25, 0.3) is 0 Å². The van der Waals surface area contributed by atoms with E-state index in [0.29, 0.717) is 39.3 Å². The minimum atomic E-state index is -0.117. The molecule has 0 bridgehead atoms. The second-order valence-electron chi connectivity index (χ2n) is 7.34. The Bertz CT molecular complexity index is 910. The molecule has 1 fully saturated rings. The number of amides is 1. The zero-order valence-electron chi connectivity index (χ0n) is 16.5. The average molecular weight is 395 g/mol. The molecule has 1 aliphatic rings. The molecule has 1 saturated heterocycles. The zero-order chi connectivity index (χ0) is 20.1. The summed E-state index contributed by atoms with van der Waals surface area (Å²) in [6.07, 6.45) is 8.81. The lowest BCUT2D eigenvalue weighted by molar-refractivity contribution is -0.132. The lowest BCUT2D eigenvalue weighted by Crippen LogP contribution is -2.37. The lowest BCUT2D eigenvalue weighted by atomic mass is 10.2. The molecule has 1 aliphatic heterocycles. The maximum atomic E-state index is 12.9. The van der Waals surface area contributed by atoms with E-state index in [-0.39, 0.29) is 12.0 Å². The molecule has 29 heavy (non-hydrogen) atoms. The topological polar surface area (TPSA) is 76.6 Å². The third-order valence-electron chi connectivity index (χ3n) is 4.90. The molecular weight excluding hydrogens is 370 g/mol. The molecule has 4 heterocycles. The summed E-state index contributed by atoms with van der Waals surface area (Å²) in [7, 11) is 1.87. The summed E-state index contributed by atoms with van der Waals surface area (Å²) in [5, 5.41) is 4.21. The summed E-state index contributed by atoms with van der Waals surface area (Å²) in [5.41, 5.74) is 2.02. The van der Waals surface area contributed by atoms with Gasteiger partial charge in [0.1, 0.15) is 5.76 Å². The molecule has 0 unspecified atom stereocenters. The number of rotatable bonds is 7. The fourth-order valence-electron chi connectivity index (χ4n) is 3.52. The fourth-order valence-corrected chi connectivity index (χ4v) is 3.52. The lowest BCUT2D eigenvalue weighted by Gasteiger charge is -2.24. The summed E-state index contributed by atoms with van der Waals surface area (Å²) < 4.78 is 13.4. The molecular formula is C21H25N5O3. The Hall–Kier alpha value is -2.97. The minimum absolute atomic E-state index is 0.0767. The summed E-state index contributed by atoms with van der Waals surface area (Å²) >= 11 is 0. The van der Waals surface area contributed by atoms with Crippen molar-refractivity contribution in [1.29, 1.82) is 0 Å². The SMILES string of the molecule is Cn1cc(CN2C[C@@H](OCc3cccnc3)CN(Cc3ccco3)CC2=O)cn1. The number of carbonyl (C=O) groups excluding carboxylic acids is 1. The molecule has 0 saturated carbocycles. The van der Waals surface area contributed by atoms with Gasteiger partial charge in [0.2, 0.25) is 5.91 Å². The molecule has 1 amide bonds. The van der Waals surface area contributed by atoms with E-state index in [1.165, 1.54) is 0 Å². The summed E-state index contributed by atoms with van der Waals surface area (Å²) in [6.45, 7) is 3.06. The Morgan fingerprint density at radius 3 is 2.83 bits per heavy atom. The van der Waals surface area contributed by atoms with E-state index < -0.39 is 0 Å². The molecule has 8 nitrogen and oxygen atoms in total. The smallest absolute Gasteiger partial charge is 0.237 e. The van der Waals surface area contributed by atoms with Crippen LogP contribution in [-0.4, -0.2) is 56.2 Å². The highest BCUT2D eigenvalue weighted by molar-refractivity contribution is 5.78. The summed E-state index contributed by atoms with van der Waals surface area (Å²) in [6, 6.07) is 7.67. The number of furan rings is 1. The van der Waals surface area contributed by atoms with E-state index in [9.17, 15) is 4.79 Å². The second kappa shape index (κ2) is 9.02. The predicted octanol–water partition coefficient (Wildman–Crippen LogP) is 1.84. The molecule has 0 radical (unpaired) electrons. The van der Waals surface area contributed by atoms with Gasteiger partial charge in [-0.15, -0.1) is 0 Å². The van der Waals surface area contributed by atoms with Gasteiger partial charge in [0.15, 0.2) is 0 Å². The molecule has 0 spiro atoms. The van der Waals surface area contributed by atoms with Crippen LogP contribution < -0.4 is 0 Å². The summed E-state index contributed by atoms with van der Waals surface area (Å²) in [4.78, 5) is 21.0. The number of nitrogens with zero attached hydrogens (tertiary/aromatic N) is 5. The van der Waals surface area contributed by atoms with Crippen molar-refractivity contribution in [3.8, 4) is 0 Å². The number of hydrogen-bond acceptors (Lipinski definition) is 6. The quantitative estimate of drug-likeness (QED) is 0.608. The maximum Gasteiger partial charge on any atom is 0.237 e. The molecule has 0 N–H and O–H groups in total. The van der Waals surface area contributed by atoms with Crippen LogP contribution in [0.2, 0.25) is 0 Å². The van der Waals surface area contributed by atoms with Crippen molar-refractivity contribution in [1.82, 2.24) is 24.6 Å². The van der Waals surface area contributed by atoms with Crippen LogP contribution in [0.1, 0.15) is 16.9 Å². The highest BCUT2D eigenvalue weighted by Crippen LogP contribution is 2.16. The van der Waals surface area contributed by atoms with Crippen LogP contribution in [0.3, 0.4) is 0 Å². The Balaban J connectivity index is 1.47. The number of ether oxygens (including phenoxy) is 1. The van der Waals surface area contributed by atoms with Gasteiger partial charge < -0.3 is 14.1 Å². The highest BCUT2D eigenvalue weighted by Gasteiger charge is 2.29. The average Bonchev–Trinajstić information content (AvgIpc) is 3.34. The van der Waals surface area contributed by atoms with Gasteiger partial charge >= 0.3 is 0 Å². The number of carbonyl (C=O) groups is 1. The fraction of sp³-hybridized carbons (Fsp3) is 0.381. The number of hydrogen-bond donors (Lipinski definition) is 0. The van der Waals surface area contributed by atoms with Crippen molar-refractivity contribution in [2.45, 2.75) is 25.8 Å². The molecule has 152 valence electrons. The van der Waals surface area contributed by atoms with E-state index >= 15 is 0 Å². The van der Waals surface area contributed by atoms with Crippen LogP contribution in [0.5, 0.6) is 0 Å². The van der Waals surface area contributed by atoms with Crippen LogP contribution in [0.15, 0.2) is 59.7 Å². The molecule has 0 aliphatic carbocycles. The van der Waals surface area contributed by atoms with Gasteiger partial charge in [-0.05, 0) is 23.8 Å². The Morgan fingerprint density at radius 2 is 2.10 bits per heavy atom. The Morgan fingerprint density at radius 1 is 1.17 bits per heavy atom. The normalized spacial score (nSPS) is 18.2. The molecule has 3 aromatic heterocycles. The van der Waals surface area contributed by atoms with Crippen molar-refractivity contribution in [3.63, 3.8) is 0 Å². The van der Waals surface area contributed by atoms with Gasteiger partial charge in [0.05, 0.1) is 38.3 Å². The summed E-state index contributed by atoms with van der Waals surface area (Å²) in [5.74, 6) is 0.914. The number of aromatic nitrogens is 3. The van der Waals surface area contributed by atoms with Gasteiger partial charge in [0, 0.05) is 50.8 Å². The van der Waals surface area contributed by atoms with Crippen molar-refractivity contribution >= 4 is 5.91 Å². The van der Waals surface area contributed by atoms with Crippen molar-refractivity contribution in [3.05, 3.63) is 72.2 Å². The van der Waals surface area contributed by atoms with Gasteiger partial charge in [-0.2, -0.15) is 5.10 Å². The first-order valence-corrected chi connectivity index (χ1v) is 9.66. The number of pyridine rings is 1. The van der Waals surface area contributed by atoms with E-state index in [1.54, 1.807) is 29.5 Å². The first-order chi connectivity index (χ1) is 14.2. The Labute approximate surface area is 169 Å². The third kappa shape index (κ3) is 5.30. The number of aryl methyl sites for hydroxylation is 1. The molecule has 0 aromatic carbocycles. The Kier molecular flexibility index (Phi) is 6.02. The van der Waals surface area contributed by atoms with E-state index in [4.69, 9.17) is 9.15 Å². The molecule has 1 atom stereocenters. The van der Waals surface area contributed by atoms with E-state index in [0.717, 1.165) is 16.9 Å². The van der Waals surface area contributed by atoms with Gasteiger partial charge in [-0.1, -0.05) is 6.07 Å². The second-order valence-corrected chi connectivity index (χ2v) is 7.34. The van der Waals surface area contributed by atoms with Gasteiger partial charge in [-0.25, -0.2) is 0 Å². The van der Waals surface area contributed by atoms with E-state index in [1.807, 2.05) is 42.4 Å². The van der Waals surface area contributed by atoms with Crippen molar-refractivity contribution in [2.24, 2.45) is 7.05 Å². The molecule has 4 rings (SSSR count). The largest absolute Gasteiger partial charge is 0.468 e. The van der Waals surface area contributed by atoms with Crippen molar-refractivity contribution < 1.29 is 13.9 Å². The monoisotopic (exact) mass is 395 g/mol. The van der Waals surface area contributed by atoms with E-state index in [2.05, 4.69) is 15.0 Å². The molecule has 8 heteroatoms. The predicted molar refractivity (Wildman–Crippen MR) is 105 cm³/mol. The van der Waals surface area contributed by atoms with Gasteiger partial charge in [-0.3, -0.25) is 19.4 Å². The minimum Gasteiger partial charge on any atom is -0.468 e. The van der Waals surface area contributed by atoms with Gasteiger partial charge in [0.25, 0.3) is 0 Å². The standard InChI is InChI=1S/C21H25N5O3/c1-24-10-18(9-23-24)11-26-14-20(29-16-17-4-2-6-22-8-17)13-25(15-21(26)27)12-19-5-3-7-28-19/h2-10,20H,11-16H2,1H3/t20-/m0/s1. The molecule has 3 aromatic rings. The highest BCUT2D eigenvalue weighted by atomic mass is 16.5. The maximum absolute atomic E-state index is 12.9. The van der Waals surface area contributed by atoms with Crippen molar-refractivity contribution in [2.75, 3.05) is 19.6 Å². The first-order valence-electron chi connectivity index (χ1n) is 9.66. The van der Waals surface area contributed by atoms with Crippen LogP contribution in [0, 0.1) is 0 Å². The van der Waals surface area contributed by atoms with Crippen LogP contribution in [0.4, 0.5) is 0 Å². The third-order valence-corrected chi connectivity index (χ3v) is 4.90. The van der Waals surface area contributed by atoms with Crippen LogP contribution >= 0.6 is 0 Å². The van der Waals surface area contributed by atoms with Crippen LogP contribution in [-0.2, 0) is 36.3 Å².